The van der Waals surface area contributed by atoms with Crippen LogP contribution in [-0.4, -0.2) is 57.2 Å². The van der Waals surface area contributed by atoms with Gasteiger partial charge in [0.15, 0.2) is 0 Å². The van der Waals surface area contributed by atoms with Crippen molar-refractivity contribution in [1.82, 2.24) is 4.90 Å². The number of hydrogen-bond donors (Lipinski definition) is 1. The van der Waals surface area contributed by atoms with Crippen LogP contribution < -0.4 is 4.74 Å². The van der Waals surface area contributed by atoms with Crippen molar-refractivity contribution < 1.29 is 37.3 Å². The third-order valence-electron chi connectivity index (χ3n) is 6.82. The van der Waals surface area contributed by atoms with Crippen LogP contribution in [0.4, 0.5) is 13.2 Å². The number of aryl methyl sites for hydroxylation is 2. The Morgan fingerprint density at radius 2 is 1.90 bits per heavy atom. The maximum Gasteiger partial charge on any atom is 0.436 e. The van der Waals surface area contributed by atoms with E-state index in [4.69, 9.17) is 14.2 Å². The molecule has 11 heteroatoms. The topological polar surface area (TPSA) is 92.0 Å². The lowest BCUT2D eigenvalue weighted by Crippen LogP contribution is -2.58. The zero-order valence-corrected chi connectivity index (χ0v) is 24.1. The van der Waals surface area contributed by atoms with Gasteiger partial charge in [-0.2, -0.15) is 18.4 Å². The monoisotopic (exact) mass is 564 g/mol. The molecule has 2 aromatic rings. The molecule has 0 spiro atoms. The van der Waals surface area contributed by atoms with Crippen LogP contribution in [0.1, 0.15) is 39.4 Å². The normalized spacial score (nSPS) is 17.4. The number of methoxy groups -OCH3 is 1. The minimum absolute atomic E-state index is 0.0673. The first-order chi connectivity index (χ1) is 18.1. The average Bonchev–Trinajstić information content (AvgIpc) is 3.18. The van der Waals surface area contributed by atoms with Crippen LogP contribution >= 0.6 is 0 Å². The van der Waals surface area contributed by atoms with Crippen LogP contribution in [0.3, 0.4) is 0 Å². The van der Waals surface area contributed by atoms with Gasteiger partial charge in [0.1, 0.15) is 12.4 Å². The number of carboxylic acids is 1. The summed E-state index contributed by atoms with van der Waals surface area (Å²) in [7, 11) is -0.206. The fourth-order valence-electron chi connectivity index (χ4n) is 5.04. The summed E-state index contributed by atoms with van der Waals surface area (Å²) in [5.74, 6) is -1.61. The maximum atomic E-state index is 15.5. The van der Waals surface area contributed by atoms with Crippen LogP contribution in [0.2, 0.25) is 25.7 Å². The first-order valence-electron chi connectivity index (χ1n) is 12.6. The van der Waals surface area contributed by atoms with Crippen molar-refractivity contribution in [1.29, 1.82) is 5.26 Å². The van der Waals surface area contributed by atoms with Gasteiger partial charge in [-0.15, -0.1) is 0 Å². The Balaban J connectivity index is 2.26. The summed E-state index contributed by atoms with van der Waals surface area (Å²) >= 11 is 0. The number of halogens is 3. The van der Waals surface area contributed by atoms with Gasteiger partial charge in [0, 0.05) is 21.2 Å². The molecule has 1 N–H and O–H groups in total. The van der Waals surface area contributed by atoms with Gasteiger partial charge in [0.05, 0.1) is 37.0 Å². The van der Waals surface area contributed by atoms with E-state index in [9.17, 15) is 15.2 Å². The van der Waals surface area contributed by atoms with E-state index in [0.717, 1.165) is 10.9 Å². The number of benzene rings is 2. The van der Waals surface area contributed by atoms with Gasteiger partial charge in [-0.05, 0) is 60.3 Å². The zero-order valence-electron chi connectivity index (χ0n) is 23.1. The fraction of sp³-hybridized carbons (Fsp3) is 0.500. The number of hydrogen-bond acceptors (Lipinski definition) is 6. The number of nitrogens with zero attached hydrogens (tertiary/aromatic N) is 2. The minimum Gasteiger partial charge on any atom is -0.496 e. The van der Waals surface area contributed by atoms with Gasteiger partial charge in [-0.25, -0.2) is 4.79 Å². The van der Waals surface area contributed by atoms with E-state index in [2.05, 4.69) is 19.6 Å². The molecule has 0 aliphatic carbocycles. The number of carbonyl (C=O) groups is 1. The number of aliphatic carboxylic acids is 1. The summed E-state index contributed by atoms with van der Waals surface area (Å²) < 4.78 is 63.5. The number of ether oxygens (including phenoxy) is 3. The van der Waals surface area contributed by atoms with E-state index in [-0.39, 0.29) is 30.0 Å². The molecule has 1 aliphatic rings. The van der Waals surface area contributed by atoms with Gasteiger partial charge in [-0.1, -0.05) is 31.8 Å². The second-order valence-corrected chi connectivity index (χ2v) is 16.7. The van der Waals surface area contributed by atoms with Crippen molar-refractivity contribution in [3.8, 4) is 11.8 Å². The first-order valence-corrected chi connectivity index (χ1v) is 16.3. The summed E-state index contributed by atoms with van der Waals surface area (Å²) in [5, 5.41) is 18.9. The molecule has 1 aliphatic heterocycles. The van der Waals surface area contributed by atoms with Gasteiger partial charge in [0.25, 0.3) is 5.72 Å². The standard InChI is InChI=1S/C28H35F3N2O5Si/c1-18-11-19(2)26(24(12-18)36-3)27(28(29,30)31,38-17-25(34)35)33-15-21-8-7-20(14-32)13-22(21)23(33)16-37-9-10-39(4,5)6/h7-8,11-13,23H,9-10,15-17H2,1-6H3,(H,34,35). The van der Waals surface area contributed by atoms with E-state index in [1.807, 2.05) is 6.07 Å². The molecule has 0 amide bonds. The molecular formula is C28H35F3N2O5Si. The molecule has 0 bridgehead atoms. The zero-order chi connectivity index (χ0) is 29.2. The van der Waals surface area contributed by atoms with Crippen LogP contribution in [0, 0.1) is 25.2 Å². The van der Waals surface area contributed by atoms with Gasteiger partial charge >= 0.3 is 12.1 Å². The van der Waals surface area contributed by atoms with E-state index < -0.39 is 38.6 Å². The molecule has 0 fully saturated rings. The molecule has 0 radical (unpaired) electrons. The molecule has 39 heavy (non-hydrogen) atoms. The molecule has 2 unspecified atom stereocenters. The second-order valence-electron chi connectivity index (χ2n) is 11.0. The Morgan fingerprint density at radius 3 is 2.46 bits per heavy atom. The van der Waals surface area contributed by atoms with Gasteiger partial charge < -0.3 is 19.3 Å². The van der Waals surface area contributed by atoms with Crippen molar-refractivity contribution in [3.05, 3.63) is 63.7 Å². The molecular weight excluding hydrogens is 529 g/mol. The highest BCUT2D eigenvalue weighted by molar-refractivity contribution is 6.76. The minimum atomic E-state index is -5.09. The molecule has 3 rings (SSSR count). The third-order valence-corrected chi connectivity index (χ3v) is 8.52. The molecule has 0 saturated carbocycles. The maximum absolute atomic E-state index is 15.5. The smallest absolute Gasteiger partial charge is 0.436 e. The Labute approximate surface area is 228 Å². The first kappa shape index (κ1) is 30.6. The number of fused-ring (bicyclic) bond motifs is 1. The average molecular weight is 565 g/mol. The van der Waals surface area contributed by atoms with Gasteiger partial charge in [0.2, 0.25) is 0 Å². The SMILES string of the molecule is COc1cc(C)cc(C)c1C(OCC(=O)O)(N1Cc2ccc(C#N)cc2C1COCC[Si](C)(C)C)C(F)(F)F. The lowest BCUT2D eigenvalue weighted by atomic mass is 9.91. The Morgan fingerprint density at radius 1 is 1.21 bits per heavy atom. The summed E-state index contributed by atoms with van der Waals surface area (Å²) in [6, 6.07) is 9.69. The molecule has 0 aromatic heterocycles. The summed E-state index contributed by atoms with van der Waals surface area (Å²) in [5.41, 5.74) is -1.20. The van der Waals surface area contributed by atoms with Crippen molar-refractivity contribution >= 4 is 14.0 Å². The Bertz CT molecular complexity index is 1260. The molecule has 2 atom stereocenters. The highest BCUT2D eigenvalue weighted by atomic mass is 28.3. The number of rotatable bonds is 11. The van der Waals surface area contributed by atoms with Crippen molar-refractivity contribution in [2.24, 2.45) is 0 Å². The van der Waals surface area contributed by atoms with Crippen molar-refractivity contribution in [3.63, 3.8) is 0 Å². The van der Waals surface area contributed by atoms with Gasteiger partial charge in [-0.3, -0.25) is 4.90 Å². The molecule has 212 valence electrons. The summed E-state index contributed by atoms with van der Waals surface area (Å²) in [4.78, 5) is 12.7. The number of alkyl halides is 3. The third kappa shape index (κ3) is 6.46. The summed E-state index contributed by atoms with van der Waals surface area (Å²) in [6.07, 6.45) is -5.09. The Kier molecular flexibility index (Phi) is 9.17. The van der Waals surface area contributed by atoms with Crippen LogP contribution in [0.25, 0.3) is 0 Å². The van der Waals surface area contributed by atoms with E-state index in [0.29, 0.717) is 28.9 Å². The lowest BCUT2D eigenvalue weighted by molar-refractivity contribution is -0.350. The number of carboxylic acid groups (broad SMARTS) is 1. The van der Waals surface area contributed by atoms with Crippen molar-refractivity contribution in [2.45, 2.75) is 64.0 Å². The number of nitriles is 1. The molecule has 2 aromatic carbocycles. The summed E-state index contributed by atoms with van der Waals surface area (Å²) in [6.45, 7) is 8.63. The fourth-order valence-corrected chi connectivity index (χ4v) is 5.80. The predicted molar refractivity (Wildman–Crippen MR) is 142 cm³/mol. The molecule has 1 heterocycles. The Hall–Kier alpha value is -2.91. The molecule has 0 saturated heterocycles. The largest absolute Gasteiger partial charge is 0.496 e. The van der Waals surface area contributed by atoms with E-state index in [1.54, 1.807) is 31.2 Å². The molecule has 7 nitrogen and oxygen atoms in total. The van der Waals surface area contributed by atoms with E-state index >= 15 is 13.2 Å². The van der Waals surface area contributed by atoms with Crippen LogP contribution in [0.5, 0.6) is 5.75 Å². The predicted octanol–water partition coefficient (Wildman–Crippen LogP) is 5.91. The van der Waals surface area contributed by atoms with Crippen molar-refractivity contribution in [2.75, 3.05) is 26.9 Å². The highest BCUT2D eigenvalue weighted by Gasteiger charge is 2.66. The second kappa shape index (κ2) is 11.7. The lowest BCUT2D eigenvalue weighted by Gasteiger charge is -2.46. The van der Waals surface area contributed by atoms with E-state index in [1.165, 1.54) is 20.1 Å². The van der Waals surface area contributed by atoms with Crippen LogP contribution in [0.15, 0.2) is 30.3 Å². The highest BCUT2D eigenvalue weighted by Crippen LogP contribution is 2.55. The quantitative estimate of drug-likeness (QED) is 0.268. The van der Waals surface area contributed by atoms with Crippen LogP contribution in [-0.2, 0) is 26.5 Å².